The first-order valence-corrected chi connectivity index (χ1v) is 5.83. The topological polar surface area (TPSA) is 33.6 Å². The van der Waals surface area contributed by atoms with Gasteiger partial charge in [-0.25, -0.2) is 4.68 Å². The molecule has 80 valence electrons. The molecular weight excluding hydrogens is 266 g/mol. The number of hydrogen-bond acceptors (Lipinski definition) is 1. The van der Waals surface area contributed by atoms with Crippen LogP contribution in [0.2, 0.25) is 0 Å². The third kappa shape index (κ3) is 1.38. The number of benzene rings is 1. The van der Waals surface area contributed by atoms with E-state index in [0.717, 1.165) is 15.8 Å². The minimum Gasteiger partial charge on any atom is -0.339 e. The molecule has 3 nitrogen and oxygen atoms in total. The van der Waals surface area contributed by atoms with Crippen LogP contribution in [0.5, 0.6) is 0 Å². The number of hydrogen-bond donors (Lipinski definition) is 1. The summed E-state index contributed by atoms with van der Waals surface area (Å²) in [6.07, 6.45) is 3.72. The monoisotopic (exact) mass is 275 g/mol. The summed E-state index contributed by atoms with van der Waals surface area (Å²) in [6.45, 7) is 2.10. The number of nitrogens with one attached hydrogen (secondary N) is 1. The van der Waals surface area contributed by atoms with E-state index in [-0.39, 0.29) is 0 Å². The summed E-state index contributed by atoms with van der Waals surface area (Å²) in [6, 6.07) is 8.26. The summed E-state index contributed by atoms with van der Waals surface area (Å²) >= 11 is 3.40. The minimum atomic E-state index is 0.977. The molecule has 16 heavy (non-hydrogen) atoms. The van der Waals surface area contributed by atoms with Crippen LogP contribution in [0.4, 0.5) is 0 Å². The zero-order valence-electron chi connectivity index (χ0n) is 8.74. The molecule has 0 radical (unpaired) electrons. The van der Waals surface area contributed by atoms with E-state index in [9.17, 15) is 0 Å². The summed E-state index contributed by atoms with van der Waals surface area (Å²) < 4.78 is 2.82. The molecule has 0 amide bonds. The number of fused-ring (bicyclic) bond motifs is 1. The standard InChI is InChI=1S/C12H10BrN3/c1-8-10-4-2-3-5-11(10)15-12(8)16-7-9(13)6-14-16/h2-7,15H,1H3. The molecule has 0 atom stereocenters. The van der Waals surface area contributed by atoms with Gasteiger partial charge in [-0.2, -0.15) is 5.10 Å². The van der Waals surface area contributed by atoms with E-state index in [4.69, 9.17) is 0 Å². The molecule has 0 aliphatic carbocycles. The number of para-hydroxylation sites is 1. The molecule has 3 rings (SSSR count). The molecule has 0 aliphatic heterocycles. The van der Waals surface area contributed by atoms with Crippen LogP contribution in [-0.4, -0.2) is 14.8 Å². The Hall–Kier alpha value is -1.55. The van der Waals surface area contributed by atoms with Crippen molar-refractivity contribution in [2.75, 3.05) is 0 Å². The Morgan fingerprint density at radius 2 is 2.12 bits per heavy atom. The van der Waals surface area contributed by atoms with Crippen LogP contribution >= 0.6 is 15.9 Å². The summed E-state index contributed by atoms with van der Waals surface area (Å²) in [7, 11) is 0. The second-order valence-corrected chi connectivity index (χ2v) is 4.66. The number of halogens is 1. The Bertz CT molecular complexity index is 651. The first-order chi connectivity index (χ1) is 7.75. The van der Waals surface area contributed by atoms with Crippen molar-refractivity contribution in [3.8, 4) is 5.82 Å². The third-order valence-electron chi connectivity index (χ3n) is 2.72. The van der Waals surface area contributed by atoms with Crippen LogP contribution < -0.4 is 0 Å². The second kappa shape index (κ2) is 3.49. The molecule has 0 unspecified atom stereocenters. The van der Waals surface area contributed by atoms with Crippen LogP contribution in [0.25, 0.3) is 16.7 Å². The van der Waals surface area contributed by atoms with Crippen LogP contribution in [-0.2, 0) is 0 Å². The summed E-state index contributed by atoms with van der Waals surface area (Å²) in [5.74, 6) is 1.02. The normalized spacial score (nSPS) is 11.1. The molecule has 4 heteroatoms. The molecule has 0 saturated heterocycles. The van der Waals surface area contributed by atoms with Gasteiger partial charge in [-0.1, -0.05) is 18.2 Å². The first kappa shape index (κ1) is 9.66. The fraction of sp³-hybridized carbons (Fsp3) is 0.0833. The van der Waals surface area contributed by atoms with Crippen molar-refractivity contribution in [1.82, 2.24) is 14.8 Å². The van der Waals surface area contributed by atoms with Crippen LogP contribution in [0.1, 0.15) is 5.56 Å². The van der Waals surface area contributed by atoms with Crippen LogP contribution in [0.3, 0.4) is 0 Å². The van der Waals surface area contributed by atoms with E-state index in [1.54, 1.807) is 6.20 Å². The van der Waals surface area contributed by atoms with Gasteiger partial charge in [-0.15, -0.1) is 0 Å². The van der Waals surface area contributed by atoms with Gasteiger partial charge in [0.1, 0.15) is 5.82 Å². The average molecular weight is 276 g/mol. The van der Waals surface area contributed by atoms with E-state index in [2.05, 4.69) is 45.1 Å². The smallest absolute Gasteiger partial charge is 0.135 e. The van der Waals surface area contributed by atoms with Crippen molar-refractivity contribution in [1.29, 1.82) is 0 Å². The predicted octanol–water partition coefficient (Wildman–Crippen LogP) is 3.42. The predicted molar refractivity (Wildman–Crippen MR) is 67.9 cm³/mol. The van der Waals surface area contributed by atoms with Crippen molar-refractivity contribution in [3.05, 3.63) is 46.7 Å². The van der Waals surface area contributed by atoms with Crippen molar-refractivity contribution in [3.63, 3.8) is 0 Å². The zero-order chi connectivity index (χ0) is 11.1. The summed E-state index contributed by atoms with van der Waals surface area (Å²) in [5, 5.41) is 5.52. The molecule has 2 heterocycles. The van der Waals surface area contributed by atoms with Crippen LogP contribution in [0.15, 0.2) is 41.1 Å². The van der Waals surface area contributed by atoms with Gasteiger partial charge in [0.05, 0.1) is 10.7 Å². The Labute approximate surface area is 101 Å². The highest BCUT2D eigenvalue weighted by atomic mass is 79.9. The Balaban J connectivity index is 2.28. The third-order valence-corrected chi connectivity index (χ3v) is 3.13. The van der Waals surface area contributed by atoms with Crippen molar-refractivity contribution in [2.45, 2.75) is 6.92 Å². The molecule has 1 N–H and O–H groups in total. The van der Waals surface area contributed by atoms with E-state index < -0.39 is 0 Å². The Morgan fingerprint density at radius 1 is 1.31 bits per heavy atom. The van der Waals surface area contributed by atoms with Gasteiger partial charge in [0, 0.05) is 22.7 Å². The van der Waals surface area contributed by atoms with E-state index in [1.807, 2.05) is 23.0 Å². The van der Waals surface area contributed by atoms with Gasteiger partial charge in [0.2, 0.25) is 0 Å². The lowest BCUT2D eigenvalue weighted by Crippen LogP contribution is -1.95. The SMILES string of the molecule is Cc1c(-n2cc(Br)cn2)[nH]c2ccccc12. The average Bonchev–Trinajstić information content (AvgIpc) is 2.84. The molecule has 0 spiro atoms. The van der Waals surface area contributed by atoms with E-state index in [0.29, 0.717) is 0 Å². The van der Waals surface area contributed by atoms with Gasteiger partial charge in [-0.3, -0.25) is 0 Å². The van der Waals surface area contributed by atoms with Crippen LogP contribution in [0, 0.1) is 6.92 Å². The molecule has 0 aliphatic rings. The number of nitrogens with zero attached hydrogens (tertiary/aromatic N) is 2. The molecule has 3 aromatic rings. The zero-order valence-corrected chi connectivity index (χ0v) is 10.3. The van der Waals surface area contributed by atoms with Gasteiger partial charge >= 0.3 is 0 Å². The van der Waals surface area contributed by atoms with Crippen molar-refractivity contribution < 1.29 is 0 Å². The Kier molecular flexibility index (Phi) is 2.11. The lowest BCUT2D eigenvalue weighted by Gasteiger charge is -1.98. The summed E-state index contributed by atoms with van der Waals surface area (Å²) in [4.78, 5) is 3.37. The highest BCUT2D eigenvalue weighted by molar-refractivity contribution is 9.10. The molecule has 0 saturated carbocycles. The van der Waals surface area contributed by atoms with Gasteiger partial charge in [0.25, 0.3) is 0 Å². The molecule has 2 aromatic heterocycles. The highest BCUT2D eigenvalue weighted by Gasteiger charge is 2.09. The summed E-state index contributed by atoms with van der Waals surface area (Å²) in [5.41, 5.74) is 2.35. The maximum atomic E-state index is 4.28. The number of aryl methyl sites for hydroxylation is 1. The Morgan fingerprint density at radius 3 is 2.81 bits per heavy atom. The van der Waals surface area contributed by atoms with Crippen molar-refractivity contribution >= 4 is 26.8 Å². The maximum Gasteiger partial charge on any atom is 0.135 e. The largest absolute Gasteiger partial charge is 0.339 e. The first-order valence-electron chi connectivity index (χ1n) is 5.03. The second-order valence-electron chi connectivity index (χ2n) is 3.75. The number of H-pyrrole nitrogens is 1. The molecule has 0 bridgehead atoms. The lowest BCUT2D eigenvalue weighted by atomic mass is 10.2. The molecule has 1 aromatic carbocycles. The maximum absolute atomic E-state index is 4.28. The highest BCUT2D eigenvalue weighted by Crippen LogP contribution is 2.24. The minimum absolute atomic E-state index is 0.977. The molecule has 0 fully saturated rings. The van der Waals surface area contributed by atoms with E-state index >= 15 is 0 Å². The number of aromatic nitrogens is 3. The molecular formula is C12H10BrN3. The fourth-order valence-corrected chi connectivity index (χ4v) is 2.21. The quantitative estimate of drug-likeness (QED) is 0.725. The number of rotatable bonds is 1. The lowest BCUT2D eigenvalue weighted by molar-refractivity contribution is 0.851. The van der Waals surface area contributed by atoms with E-state index in [1.165, 1.54) is 10.9 Å². The van der Waals surface area contributed by atoms with Gasteiger partial charge in [-0.05, 0) is 28.9 Å². The van der Waals surface area contributed by atoms with Gasteiger partial charge < -0.3 is 4.98 Å². The number of aromatic amines is 1. The van der Waals surface area contributed by atoms with Gasteiger partial charge in [0.15, 0.2) is 0 Å². The van der Waals surface area contributed by atoms with Crippen molar-refractivity contribution in [2.24, 2.45) is 0 Å². The fourth-order valence-electron chi connectivity index (χ4n) is 1.92.